The normalized spacial score (nSPS) is 17.8. The fraction of sp³-hybridized carbons (Fsp3) is 0.432. The van der Waals surface area contributed by atoms with E-state index in [2.05, 4.69) is 15.6 Å². The van der Waals surface area contributed by atoms with Crippen LogP contribution in [0.1, 0.15) is 108 Å². The number of amides is 4. The fourth-order valence-electron chi connectivity index (χ4n) is 7.23. The number of anilines is 3. The summed E-state index contributed by atoms with van der Waals surface area (Å²) in [4.78, 5) is 61.3. The van der Waals surface area contributed by atoms with Gasteiger partial charge in [0.25, 0.3) is 0 Å². The summed E-state index contributed by atoms with van der Waals surface area (Å²) in [5.41, 5.74) is 1.81. The highest BCUT2D eigenvalue weighted by atomic mass is 32.2. The topological polar surface area (TPSA) is 164 Å². The highest BCUT2D eigenvalue weighted by molar-refractivity contribution is 7.92. The zero-order valence-electron chi connectivity index (χ0n) is 34.3. The largest absolute Gasteiger partial charge is 0.443 e. The molecule has 7 rings (SSSR count). The molecule has 59 heavy (non-hydrogen) atoms. The van der Waals surface area contributed by atoms with Crippen LogP contribution in [0.2, 0.25) is 0 Å². The van der Waals surface area contributed by atoms with Crippen LogP contribution in [0.15, 0.2) is 65.7 Å². The molecule has 0 saturated heterocycles. The van der Waals surface area contributed by atoms with Crippen molar-refractivity contribution in [3.8, 4) is 0 Å². The Kier molecular flexibility index (Phi) is 11.0. The van der Waals surface area contributed by atoms with Crippen molar-refractivity contribution in [2.24, 2.45) is 0 Å². The molecule has 2 aliphatic carbocycles. The number of ether oxygens (including phenoxy) is 2. The van der Waals surface area contributed by atoms with Gasteiger partial charge in [0, 0.05) is 42.2 Å². The van der Waals surface area contributed by atoms with Gasteiger partial charge in [-0.25, -0.2) is 27.4 Å². The van der Waals surface area contributed by atoms with Gasteiger partial charge < -0.3 is 25.0 Å². The van der Waals surface area contributed by atoms with Crippen LogP contribution < -0.4 is 15.5 Å². The third-order valence-electron chi connectivity index (χ3n) is 10.3. The molecular formula is C44H50FN5O8S. The van der Waals surface area contributed by atoms with Gasteiger partial charge in [0.15, 0.2) is 15.7 Å². The Morgan fingerprint density at radius 2 is 1.54 bits per heavy atom. The number of sulfone groups is 1. The predicted molar refractivity (Wildman–Crippen MR) is 222 cm³/mol. The molecular weight excluding hydrogens is 778 g/mol. The van der Waals surface area contributed by atoms with Crippen molar-refractivity contribution in [2.75, 3.05) is 22.6 Å². The molecule has 4 aromatic rings. The van der Waals surface area contributed by atoms with Gasteiger partial charge in [-0.1, -0.05) is 18.2 Å². The van der Waals surface area contributed by atoms with Crippen molar-refractivity contribution in [3.05, 3.63) is 88.9 Å². The van der Waals surface area contributed by atoms with Crippen molar-refractivity contribution >= 4 is 61.8 Å². The second kappa shape index (κ2) is 15.6. The first-order valence-electron chi connectivity index (χ1n) is 19.8. The van der Waals surface area contributed by atoms with Crippen molar-refractivity contribution < 1.29 is 41.5 Å². The van der Waals surface area contributed by atoms with Crippen LogP contribution in [0.3, 0.4) is 0 Å². The van der Waals surface area contributed by atoms with Crippen molar-refractivity contribution in [3.63, 3.8) is 0 Å². The Labute approximate surface area is 343 Å². The lowest BCUT2D eigenvalue weighted by Crippen LogP contribution is -2.44. The van der Waals surface area contributed by atoms with E-state index in [1.54, 1.807) is 66.8 Å². The van der Waals surface area contributed by atoms with Gasteiger partial charge in [-0.05, 0) is 138 Å². The number of pyridine rings is 1. The molecule has 1 unspecified atom stereocenters. The van der Waals surface area contributed by atoms with Gasteiger partial charge in [-0.2, -0.15) is 4.90 Å². The minimum absolute atomic E-state index is 0.0127. The van der Waals surface area contributed by atoms with Gasteiger partial charge >= 0.3 is 12.2 Å². The molecule has 3 aromatic carbocycles. The van der Waals surface area contributed by atoms with E-state index in [4.69, 9.17) is 9.47 Å². The van der Waals surface area contributed by atoms with E-state index in [0.29, 0.717) is 52.6 Å². The van der Waals surface area contributed by atoms with Gasteiger partial charge in [-0.3, -0.25) is 9.59 Å². The van der Waals surface area contributed by atoms with Gasteiger partial charge in [0.05, 0.1) is 16.3 Å². The molecule has 312 valence electrons. The van der Waals surface area contributed by atoms with Crippen LogP contribution >= 0.6 is 0 Å². The number of hydrogen-bond donors (Lipinski definition) is 2. The number of nitrogens with zero attached hydrogens (tertiary/aromatic N) is 3. The number of halogens is 1. The molecule has 0 radical (unpaired) electrons. The molecule has 1 atom stereocenters. The maximum absolute atomic E-state index is 15.8. The van der Waals surface area contributed by atoms with Crippen LogP contribution in [0.4, 0.5) is 31.2 Å². The van der Waals surface area contributed by atoms with Crippen LogP contribution in [0.25, 0.3) is 10.8 Å². The summed E-state index contributed by atoms with van der Waals surface area (Å²) in [5.74, 6) is -1.22. The molecule has 2 heterocycles. The second-order valence-electron chi connectivity index (χ2n) is 17.6. The van der Waals surface area contributed by atoms with Crippen LogP contribution in [0, 0.1) is 5.82 Å². The van der Waals surface area contributed by atoms with Crippen LogP contribution in [-0.2, 0) is 41.9 Å². The SMILES string of the molecule is CN1Cc2cc(ccc2S(=O)(=O)C2CC2)NC(=O)CCc2cc(ccc2C2CC2)C(Nc2ccc3c(N(C(=O)OC(C)(C)C)C(=O)OC(C)(C)C)ncc(F)c3c2)C1=O. The van der Waals surface area contributed by atoms with E-state index < -0.39 is 56.2 Å². The summed E-state index contributed by atoms with van der Waals surface area (Å²) < 4.78 is 54.0. The van der Waals surface area contributed by atoms with E-state index >= 15 is 4.39 Å². The van der Waals surface area contributed by atoms with E-state index in [-0.39, 0.29) is 40.4 Å². The summed E-state index contributed by atoms with van der Waals surface area (Å²) >= 11 is 0. The van der Waals surface area contributed by atoms with Crippen molar-refractivity contribution in [2.45, 2.75) is 120 Å². The zero-order chi connectivity index (χ0) is 42.6. The third-order valence-corrected chi connectivity index (χ3v) is 12.6. The molecule has 1 aromatic heterocycles. The number of carbonyl (C=O) groups excluding carboxylic acids is 4. The van der Waals surface area contributed by atoms with Gasteiger partial charge in [0.2, 0.25) is 11.8 Å². The number of carbonyl (C=O) groups is 4. The minimum atomic E-state index is -3.67. The third kappa shape index (κ3) is 9.35. The Morgan fingerprint density at radius 1 is 0.864 bits per heavy atom. The molecule has 0 spiro atoms. The number of benzene rings is 3. The van der Waals surface area contributed by atoms with E-state index in [1.807, 2.05) is 18.2 Å². The molecule has 4 amide bonds. The average molecular weight is 828 g/mol. The van der Waals surface area contributed by atoms with Crippen LogP contribution in [0.5, 0.6) is 0 Å². The van der Waals surface area contributed by atoms with E-state index in [1.165, 1.54) is 23.1 Å². The maximum Gasteiger partial charge on any atom is 0.425 e. The average Bonchev–Trinajstić information content (AvgIpc) is 4.06. The highest BCUT2D eigenvalue weighted by Crippen LogP contribution is 2.43. The molecule has 15 heteroatoms. The van der Waals surface area contributed by atoms with E-state index in [0.717, 1.165) is 30.2 Å². The number of aromatic nitrogens is 1. The Bertz CT molecular complexity index is 2440. The number of likely N-dealkylation sites (N-methyl/N-ethyl adjacent to an activating group) is 1. The summed E-state index contributed by atoms with van der Waals surface area (Å²) in [7, 11) is -2.08. The van der Waals surface area contributed by atoms with Gasteiger partial charge in [-0.15, -0.1) is 0 Å². The molecule has 2 N–H and O–H groups in total. The first kappa shape index (κ1) is 41.6. The number of aryl methyl sites for hydroxylation is 1. The molecule has 3 aliphatic rings. The quantitative estimate of drug-likeness (QED) is 0.192. The summed E-state index contributed by atoms with van der Waals surface area (Å²) in [5, 5.41) is 5.82. The van der Waals surface area contributed by atoms with Crippen molar-refractivity contribution in [1.29, 1.82) is 0 Å². The minimum Gasteiger partial charge on any atom is -0.443 e. The van der Waals surface area contributed by atoms with Gasteiger partial charge in [0.1, 0.15) is 23.1 Å². The summed E-state index contributed by atoms with van der Waals surface area (Å²) in [6, 6.07) is 14.0. The highest BCUT2D eigenvalue weighted by Gasteiger charge is 2.39. The lowest BCUT2D eigenvalue weighted by molar-refractivity contribution is -0.131. The number of nitrogens with one attached hydrogen (secondary N) is 2. The molecule has 2 fully saturated rings. The first-order chi connectivity index (χ1) is 27.7. The molecule has 4 bridgehead atoms. The molecule has 1 aliphatic heterocycles. The lowest BCUT2D eigenvalue weighted by atomic mass is 9.93. The first-order valence-corrected chi connectivity index (χ1v) is 21.4. The number of rotatable bonds is 6. The molecule has 13 nitrogen and oxygen atoms in total. The zero-order valence-corrected chi connectivity index (χ0v) is 35.2. The van der Waals surface area contributed by atoms with Crippen molar-refractivity contribution in [1.82, 2.24) is 9.88 Å². The monoisotopic (exact) mass is 827 g/mol. The Morgan fingerprint density at radius 3 is 2.17 bits per heavy atom. The Hall–Kier alpha value is -5.57. The lowest BCUT2D eigenvalue weighted by Gasteiger charge is -2.29. The maximum atomic E-state index is 15.8. The van der Waals surface area contributed by atoms with Crippen LogP contribution in [-0.4, -0.2) is 65.8 Å². The number of imide groups is 1. The predicted octanol–water partition coefficient (Wildman–Crippen LogP) is 8.56. The summed E-state index contributed by atoms with van der Waals surface area (Å²) in [6.45, 7) is 9.76. The fourth-order valence-corrected chi connectivity index (χ4v) is 9.10. The molecule has 2 saturated carbocycles. The second-order valence-corrected chi connectivity index (χ2v) is 19.8. The number of hydrogen-bond acceptors (Lipinski definition) is 10. The number of fused-ring (bicyclic) bond motifs is 5. The Balaban J connectivity index is 1.30. The smallest absolute Gasteiger partial charge is 0.425 e. The standard InChI is InChI=1S/C44H50FN5O8S/c1-43(2,3)57-41(53)50(42(54)58-44(4,5)6)39-33-17-12-30(22-34(33)35(45)23-46-39)48-38-27-10-16-32(25-8-9-25)26(20-27)11-19-37(51)47-29-13-18-36(59(55,56)31-14-15-31)28(21-29)24-49(7)40(38)52/h10,12-13,16-18,20-23,25,31,38,48H,8-9,11,14-15,19,24H2,1-7H3,(H,47,51). The summed E-state index contributed by atoms with van der Waals surface area (Å²) in [6.07, 6.45) is 2.51. The van der Waals surface area contributed by atoms with E-state index in [9.17, 15) is 27.6 Å².